The van der Waals surface area contributed by atoms with Crippen molar-refractivity contribution in [3.8, 4) is 0 Å². The Morgan fingerprint density at radius 3 is 2.68 bits per heavy atom. The van der Waals surface area contributed by atoms with Gasteiger partial charge in [-0.2, -0.15) is 5.10 Å². The molecule has 1 aromatic carbocycles. The molecule has 0 atom stereocenters. The maximum absolute atomic E-state index is 13.2. The Morgan fingerprint density at radius 1 is 1.26 bits per heavy atom. The molecule has 2 heterocycles. The van der Waals surface area contributed by atoms with Crippen molar-refractivity contribution in [3.05, 3.63) is 53.1 Å². The second-order valence-electron chi connectivity index (χ2n) is 8.03. The minimum Gasteiger partial charge on any atom is -0.336 e. The number of aryl methyl sites for hydroxylation is 2. The minimum atomic E-state index is -0.433. The van der Waals surface area contributed by atoms with Gasteiger partial charge in [-0.15, -0.1) is 0 Å². The van der Waals surface area contributed by atoms with Crippen molar-refractivity contribution in [3.63, 3.8) is 0 Å². The number of anilines is 1. The standard InChI is InChI=1S/C23H28FN5O2/c1-14(2)29-23-20(12-25-29)15(3)19(16(4)26-23)9-10-22(31)28(5)13-21(30)27-18-8-6-7-17(24)11-18/h6-8,11-12,14H,9-10,13H2,1-5H3,(H,27,30). The fourth-order valence-corrected chi connectivity index (χ4v) is 3.63. The third kappa shape index (κ3) is 5.07. The van der Waals surface area contributed by atoms with Gasteiger partial charge >= 0.3 is 0 Å². The van der Waals surface area contributed by atoms with E-state index in [1.165, 1.54) is 23.1 Å². The summed E-state index contributed by atoms with van der Waals surface area (Å²) in [6, 6.07) is 5.85. The highest BCUT2D eigenvalue weighted by molar-refractivity contribution is 5.94. The molecular formula is C23H28FN5O2. The molecule has 7 nitrogen and oxygen atoms in total. The van der Waals surface area contributed by atoms with E-state index in [0.29, 0.717) is 12.1 Å². The van der Waals surface area contributed by atoms with Crippen LogP contribution in [-0.2, 0) is 16.0 Å². The van der Waals surface area contributed by atoms with Gasteiger partial charge in [-0.1, -0.05) is 6.07 Å². The number of pyridine rings is 1. The first-order valence-electron chi connectivity index (χ1n) is 10.3. The molecule has 3 rings (SSSR count). The Kier molecular flexibility index (Phi) is 6.68. The summed E-state index contributed by atoms with van der Waals surface area (Å²) in [7, 11) is 1.58. The molecule has 1 N–H and O–H groups in total. The zero-order valence-corrected chi connectivity index (χ0v) is 18.6. The van der Waals surface area contributed by atoms with E-state index < -0.39 is 5.82 Å². The number of rotatable bonds is 7. The fraction of sp³-hybridized carbons (Fsp3) is 0.391. The Balaban J connectivity index is 1.63. The van der Waals surface area contributed by atoms with E-state index in [0.717, 1.165) is 27.9 Å². The van der Waals surface area contributed by atoms with E-state index in [2.05, 4.69) is 24.3 Å². The highest BCUT2D eigenvalue weighted by Gasteiger charge is 2.18. The topological polar surface area (TPSA) is 80.1 Å². The van der Waals surface area contributed by atoms with E-state index in [9.17, 15) is 14.0 Å². The number of hydrogen-bond donors (Lipinski definition) is 1. The predicted molar refractivity (Wildman–Crippen MR) is 118 cm³/mol. The van der Waals surface area contributed by atoms with Gasteiger partial charge in [0.2, 0.25) is 11.8 Å². The van der Waals surface area contributed by atoms with Gasteiger partial charge in [0.15, 0.2) is 5.65 Å². The SMILES string of the molecule is Cc1nc2c(cnn2C(C)C)c(C)c1CCC(=O)N(C)CC(=O)Nc1cccc(F)c1. The average molecular weight is 426 g/mol. The number of carbonyl (C=O) groups excluding carboxylic acids is 2. The summed E-state index contributed by atoms with van der Waals surface area (Å²) in [5.41, 5.74) is 4.20. The summed E-state index contributed by atoms with van der Waals surface area (Å²) in [6.07, 6.45) is 2.62. The number of likely N-dealkylation sites (N-methyl/N-ethyl adjacent to an activating group) is 1. The molecule has 0 saturated carbocycles. The number of nitrogens with one attached hydrogen (secondary N) is 1. The van der Waals surface area contributed by atoms with Crippen LogP contribution in [0.1, 0.15) is 43.1 Å². The van der Waals surface area contributed by atoms with E-state index in [1.807, 2.05) is 24.7 Å². The summed E-state index contributed by atoms with van der Waals surface area (Å²) >= 11 is 0. The lowest BCUT2D eigenvalue weighted by Crippen LogP contribution is -2.35. The first-order chi connectivity index (χ1) is 14.7. The number of benzene rings is 1. The van der Waals surface area contributed by atoms with Gasteiger partial charge in [0.1, 0.15) is 5.82 Å². The first kappa shape index (κ1) is 22.4. The van der Waals surface area contributed by atoms with Crippen molar-refractivity contribution >= 4 is 28.5 Å². The van der Waals surface area contributed by atoms with Crippen molar-refractivity contribution < 1.29 is 14.0 Å². The maximum Gasteiger partial charge on any atom is 0.243 e. The van der Waals surface area contributed by atoms with Crippen LogP contribution in [0.2, 0.25) is 0 Å². The Morgan fingerprint density at radius 2 is 2.00 bits per heavy atom. The van der Waals surface area contributed by atoms with Crippen LogP contribution in [0.15, 0.2) is 30.5 Å². The molecule has 0 unspecified atom stereocenters. The Labute approximate surface area is 181 Å². The van der Waals surface area contributed by atoms with Crippen molar-refractivity contribution in [2.24, 2.45) is 0 Å². The summed E-state index contributed by atoms with van der Waals surface area (Å²) in [5.74, 6) is -0.957. The van der Waals surface area contributed by atoms with Gasteiger partial charge in [-0.25, -0.2) is 14.1 Å². The quantitative estimate of drug-likeness (QED) is 0.624. The van der Waals surface area contributed by atoms with Crippen LogP contribution in [0, 0.1) is 19.7 Å². The molecule has 2 aromatic heterocycles. The molecule has 0 spiro atoms. The van der Waals surface area contributed by atoms with Gasteiger partial charge in [0.05, 0.1) is 12.7 Å². The number of fused-ring (bicyclic) bond motifs is 1. The van der Waals surface area contributed by atoms with Crippen molar-refractivity contribution in [1.29, 1.82) is 0 Å². The zero-order valence-electron chi connectivity index (χ0n) is 18.6. The van der Waals surface area contributed by atoms with Crippen molar-refractivity contribution in [2.75, 3.05) is 18.9 Å². The van der Waals surface area contributed by atoms with Crippen molar-refractivity contribution in [2.45, 2.75) is 46.6 Å². The normalized spacial score (nSPS) is 11.2. The summed E-state index contributed by atoms with van der Waals surface area (Å²) < 4.78 is 15.1. The summed E-state index contributed by atoms with van der Waals surface area (Å²) in [5, 5.41) is 8.04. The largest absolute Gasteiger partial charge is 0.336 e. The number of aromatic nitrogens is 3. The van der Waals surface area contributed by atoms with Crippen LogP contribution in [0.4, 0.5) is 10.1 Å². The lowest BCUT2D eigenvalue weighted by Gasteiger charge is -2.18. The Bertz CT molecular complexity index is 1120. The van der Waals surface area contributed by atoms with E-state index in [4.69, 9.17) is 4.98 Å². The lowest BCUT2D eigenvalue weighted by atomic mass is 10.00. The predicted octanol–water partition coefficient (Wildman–Crippen LogP) is 3.80. The minimum absolute atomic E-state index is 0.105. The van der Waals surface area contributed by atoms with Gasteiger partial charge in [0.25, 0.3) is 0 Å². The number of amides is 2. The molecule has 0 bridgehead atoms. The smallest absolute Gasteiger partial charge is 0.243 e. The molecule has 0 saturated heterocycles. The second-order valence-corrected chi connectivity index (χ2v) is 8.03. The second kappa shape index (κ2) is 9.24. The Hall–Kier alpha value is -3.29. The van der Waals surface area contributed by atoms with E-state index in [1.54, 1.807) is 13.1 Å². The average Bonchev–Trinajstić information content (AvgIpc) is 3.11. The number of hydrogen-bond acceptors (Lipinski definition) is 4. The van der Waals surface area contributed by atoms with E-state index in [-0.39, 0.29) is 30.8 Å². The molecule has 0 aliphatic rings. The molecule has 0 radical (unpaired) electrons. The fourth-order valence-electron chi connectivity index (χ4n) is 3.63. The highest BCUT2D eigenvalue weighted by atomic mass is 19.1. The van der Waals surface area contributed by atoms with E-state index >= 15 is 0 Å². The highest BCUT2D eigenvalue weighted by Crippen LogP contribution is 2.25. The van der Waals surface area contributed by atoms with Crippen LogP contribution in [0.25, 0.3) is 11.0 Å². The number of halogens is 1. The molecular weight excluding hydrogens is 397 g/mol. The molecule has 3 aromatic rings. The molecule has 2 amide bonds. The maximum atomic E-state index is 13.2. The third-order valence-electron chi connectivity index (χ3n) is 5.33. The molecule has 0 aliphatic carbocycles. The van der Waals surface area contributed by atoms with Crippen LogP contribution < -0.4 is 5.32 Å². The van der Waals surface area contributed by atoms with Gasteiger partial charge < -0.3 is 10.2 Å². The summed E-state index contributed by atoms with van der Waals surface area (Å²) in [4.78, 5) is 30.9. The van der Waals surface area contributed by atoms with Crippen LogP contribution in [0.3, 0.4) is 0 Å². The third-order valence-corrected chi connectivity index (χ3v) is 5.33. The van der Waals surface area contributed by atoms with Crippen LogP contribution in [-0.4, -0.2) is 45.1 Å². The molecule has 0 aliphatic heterocycles. The molecule has 0 fully saturated rings. The van der Waals surface area contributed by atoms with Gasteiger partial charge in [-0.3, -0.25) is 9.59 Å². The van der Waals surface area contributed by atoms with Crippen LogP contribution in [0.5, 0.6) is 0 Å². The number of nitrogens with zero attached hydrogens (tertiary/aromatic N) is 4. The molecule has 8 heteroatoms. The lowest BCUT2D eigenvalue weighted by molar-refractivity contribution is -0.133. The monoisotopic (exact) mass is 425 g/mol. The molecule has 31 heavy (non-hydrogen) atoms. The van der Waals surface area contributed by atoms with Gasteiger partial charge in [0, 0.05) is 36.3 Å². The first-order valence-corrected chi connectivity index (χ1v) is 10.3. The van der Waals surface area contributed by atoms with Crippen LogP contribution >= 0.6 is 0 Å². The summed E-state index contributed by atoms with van der Waals surface area (Å²) in [6.45, 7) is 7.99. The van der Waals surface area contributed by atoms with Crippen molar-refractivity contribution in [1.82, 2.24) is 19.7 Å². The zero-order chi connectivity index (χ0) is 22.7. The van der Waals surface area contributed by atoms with Gasteiger partial charge in [-0.05, 0) is 63.4 Å². The molecule has 164 valence electrons. The number of carbonyl (C=O) groups is 2.